The van der Waals surface area contributed by atoms with Crippen molar-refractivity contribution in [1.29, 1.82) is 0 Å². The number of ether oxygens (including phenoxy) is 9. The van der Waals surface area contributed by atoms with Crippen molar-refractivity contribution >= 4 is 24.1 Å². The van der Waals surface area contributed by atoms with E-state index >= 15 is 4.79 Å². The molecule has 0 aliphatic carbocycles. The normalized spacial score (nSPS) is 35.3. The van der Waals surface area contributed by atoms with E-state index in [1.807, 2.05) is 83.8 Å². The van der Waals surface area contributed by atoms with Crippen LogP contribution in [0.3, 0.4) is 0 Å². The van der Waals surface area contributed by atoms with Crippen molar-refractivity contribution in [3.05, 3.63) is 64.7 Å². The van der Waals surface area contributed by atoms with Gasteiger partial charge in [0.05, 0.1) is 43.0 Å². The Balaban J connectivity index is 1.42. The van der Waals surface area contributed by atoms with Gasteiger partial charge in [0.2, 0.25) is 0 Å². The van der Waals surface area contributed by atoms with Crippen LogP contribution in [0.5, 0.6) is 5.75 Å². The van der Waals surface area contributed by atoms with Crippen LogP contribution in [0.15, 0.2) is 42.5 Å². The number of unbranched alkanes of at least 4 members (excludes halogenated alkanes) is 1. The zero-order valence-electron chi connectivity index (χ0n) is 51.8. The number of amides is 3. The maximum atomic E-state index is 15.0. The number of alkyl carbamates (subject to hydrolysis) is 2. The van der Waals surface area contributed by atoms with Gasteiger partial charge in [-0.1, -0.05) is 39.0 Å². The molecule has 21 heteroatoms. The number of carbonyl (C=O) groups excluding carboxylic acids is 4. The lowest BCUT2D eigenvalue weighted by atomic mass is 9.77. The molecule has 6 N–H and O–H groups in total. The molecule has 5 rings (SSSR count). The summed E-state index contributed by atoms with van der Waals surface area (Å²) in [5.41, 5.74) is -1.28. The summed E-state index contributed by atoms with van der Waals surface area (Å²) < 4.78 is 56.6. The monoisotopic (exact) mass is 1160 g/mol. The summed E-state index contributed by atoms with van der Waals surface area (Å²) in [5, 5.41) is 46.1. The number of nitrogens with one attached hydrogen (secondary N) is 3. The average molecular weight is 1160 g/mol. The second-order valence-electron chi connectivity index (χ2n) is 24.3. The largest absolute Gasteiger partial charge is 0.497 e. The van der Waals surface area contributed by atoms with Crippen molar-refractivity contribution in [2.75, 3.05) is 55.0 Å². The van der Waals surface area contributed by atoms with Crippen molar-refractivity contribution < 1.29 is 77.1 Å². The number of cyclic esters (lactones) is 1. The molecule has 3 aliphatic heterocycles. The molecule has 3 heterocycles. The lowest BCUT2D eigenvalue weighted by molar-refractivity contribution is -0.317. The molecular formula is C61H99N5O16. The van der Waals surface area contributed by atoms with Crippen molar-refractivity contribution in [3.63, 3.8) is 0 Å². The van der Waals surface area contributed by atoms with Crippen LogP contribution in [0, 0.1) is 31.6 Å². The summed E-state index contributed by atoms with van der Waals surface area (Å²) >= 11 is 0. The van der Waals surface area contributed by atoms with Gasteiger partial charge in [0.1, 0.15) is 29.2 Å². The van der Waals surface area contributed by atoms with Crippen LogP contribution in [0.2, 0.25) is 0 Å². The molecule has 2 aromatic carbocycles. The Morgan fingerprint density at radius 3 is 2.06 bits per heavy atom. The second kappa shape index (κ2) is 29.9. The first-order chi connectivity index (χ1) is 38.5. The van der Waals surface area contributed by atoms with Gasteiger partial charge < -0.3 is 78.8 Å². The molecule has 0 saturated carbocycles. The molecule has 18 atom stereocenters. The molecular weight excluding hydrogens is 1060 g/mol. The predicted molar refractivity (Wildman–Crippen MR) is 308 cm³/mol. The fourth-order valence-electron chi connectivity index (χ4n) is 12.0. The molecule has 464 valence electrons. The summed E-state index contributed by atoms with van der Waals surface area (Å²) in [6, 6.07) is 11.7. The van der Waals surface area contributed by atoms with Crippen molar-refractivity contribution in [2.45, 2.75) is 218 Å². The average Bonchev–Trinajstić information content (AvgIpc) is 3.46. The summed E-state index contributed by atoms with van der Waals surface area (Å²) in [6.45, 7) is 22.8. The van der Waals surface area contributed by atoms with Crippen LogP contribution < -0.4 is 20.7 Å². The summed E-state index contributed by atoms with van der Waals surface area (Å²) in [6.07, 6.45) is -9.81. The molecule has 3 amide bonds. The third-order valence-electron chi connectivity index (χ3n) is 17.1. The van der Waals surface area contributed by atoms with E-state index in [1.54, 1.807) is 72.9 Å². The molecule has 21 nitrogen and oxygen atoms in total. The van der Waals surface area contributed by atoms with Crippen LogP contribution in [0.4, 0.5) is 9.59 Å². The second-order valence-corrected chi connectivity index (χ2v) is 24.3. The standard InChI is InChI=1S/C61H99N5O16/c1-18-47-61(12,73)52(81-58(71)64-33-43-22-21-36(3)37(4)29-43)41(8)66(15)34-35(2)31-59(10,72)51(80-56-49(67)46(65(13)14)30-38(5)76-56)39(6)50(40(7)55(69)78-47)79-48-32-60(11,75-17)53(42(9)77-48)82-57(70)63-28-20-19-27-62-54(68)44-23-25-45(74-16)26-24-44/h21-26,29,35,38-42,46-53,56,67,72-73H,18-20,27-28,30-34H2,1-17H3,(H,62,68)(H,63,70)(H,64,71)/t35-,38-,39+,40-,41-,42+,46+,47-,48+,49-,50+,51-,52-,53+,56+,59-,60-,61-/m1/s1. The zero-order valence-corrected chi connectivity index (χ0v) is 51.8. The first kappa shape index (κ1) is 68.1. The first-order valence-electron chi connectivity index (χ1n) is 29.2. The van der Waals surface area contributed by atoms with E-state index in [0.29, 0.717) is 43.7 Å². The zero-order chi connectivity index (χ0) is 61.0. The van der Waals surface area contributed by atoms with Gasteiger partial charge in [-0.25, -0.2) is 9.59 Å². The lowest BCUT2D eigenvalue weighted by Gasteiger charge is -2.49. The highest BCUT2D eigenvalue weighted by Gasteiger charge is 2.54. The van der Waals surface area contributed by atoms with E-state index in [-0.39, 0.29) is 56.3 Å². The van der Waals surface area contributed by atoms with Gasteiger partial charge in [-0.15, -0.1) is 0 Å². The maximum absolute atomic E-state index is 15.0. The Morgan fingerprint density at radius 2 is 1.45 bits per heavy atom. The van der Waals surface area contributed by atoms with Gasteiger partial charge in [0, 0.05) is 63.3 Å². The number of aliphatic hydroxyl groups is 3. The minimum absolute atomic E-state index is 0.0111. The maximum Gasteiger partial charge on any atom is 0.407 e. The number of benzene rings is 2. The van der Waals surface area contributed by atoms with E-state index in [2.05, 4.69) is 16.0 Å². The summed E-state index contributed by atoms with van der Waals surface area (Å²) in [4.78, 5) is 58.7. The minimum Gasteiger partial charge on any atom is -0.497 e. The Bertz CT molecular complexity index is 2380. The van der Waals surface area contributed by atoms with Gasteiger partial charge in [-0.3, -0.25) is 14.5 Å². The highest BCUT2D eigenvalue weighted by Crippen LogP contribution is 2.41. The molecule has 0 unspecified atom stereocenters. The van der Waals surface area contributed by atoms with E-state index in [1.165, 1.54) is 14.0 Å². The van der Waals surface area contributed by atoms with Gasteiger partial charge >= 0.3 is 18.2 Å². The topological polar surface area (TPSA) is 255 Å². The van der Waals surface area contributed by atoms with Crippen LogP contribution >= 0.6 is 0 Å². The smallest absolute Gasteiger partial charge is 0.407 e. The van der Waals surface area contributed by atoms with Gasteiger partial charge in [0.25, 0.3) is 5.91 Å². The van der Waals surface area contributed by atoms with Crippen molar-refractivity contribution in [3.8, 4) is 5.75 Å². The third-order valence-corrected chi connectivity index (χ3v) is 17.1. The first-order valence-corrected chi connectivity index (χ1v) is 29.2. The molecule has 0 spiro atoms. The molecule has 3 fully saturated rings. The number of aliphatic hydroxyl groups excluding tert-OH is 1. The number of likely N-dealkylation sites (N-methyl/N-ethyl adjacent to an activating group) is 2. The Hall–Kier alpha value is -4.68. The van der Waals surface area contributed by atoms with Gasteiger partial charge in [-0.05, 0) is 162 Å². The van der Waals surface area contributed by atoms with Crippen LogP contribution in [0.1, 0.15) is 135 Å². The van der Waals surface area contributed by atoms with Crippen molar-refractivity contribution in [2.24, 2.45) is 17.8 Å². The molecule has 82 heavy (non-hydrogen) atoms. The molecule has 2 aromatic rings. The molecule has 3 aliphatic rings. The fourth-order valence-corrected chi connectivity index (χ4v) is 12.0. The molecule has 0 aromatic heterocycles. The Labute approximate surface area is 487 Å². The number of hydrogen-bond donors (Lipinski definition) is 6. The number of carbonyl (C=O) groups is 4. The SMILES string of the molecule is CC[C@H]1OC(=O)[C@H](C)[C@@H](O[C@H]2C[C@@](C)(OC)[C@@H](OC(=O)NCCCCNC(=O)c3ccc(OC)cc3)[C@H](C)O2)[C@H](C)[C@@H](O[C@@H]2O[C@H](C)C[C@H](N(C)C)[C@H]2O)[C@](C)(O)C[C@@H](C)CN(C)[C@H](C)[C@@H](OC(=O)NCc2ccc(C)c(C)c2)[C@]1(C)O. The van der Waals surface area contributed by atoms with Gasteiger partial charge in [0.15, 0.2) is 24.8 Å². The number of aryl methyl sites for hydroxylation is 2. The lowest BCUT2D eigenvalue weighted by Crippen LogP contribution is -2.61. The quantitative estimate of drug-likeness (QED) is 0.0536. The number of methoxy groups -OCH3 is 2. The van der Waals surface area contributed by atoms with Crippen LogP contribution in [-0.4, -0.2) is 194 Å². The van der Waals surface area contributed by atoms with E-state index in [0.717, 1.165) is 16.7 Å². The van der Waals surface area contributed by atoms with Crippen molar-refractivity contribution in [1.82, 2.24) is 25.8 Å². The number of rotatable bonds is 18. The van der Waals surface area contributed by atoms with E-state index in [9.17, 15) is 29.7 Å². The summed E-state index contributed by atoms with van der Waals surface area (Å²) in [5.74, 6) is -2.63. The van der Waals surface area contributed by atoms with Gasteiger partial charge in [-0.2, -0.15) is 0 Å². The molecule has 3 saturated heterocycles. The number of hydrogen-bond acceptors (Lipinski definition) is 18. The highest BCUT2D eigenvalue weighted by atomic mass is 16.7. The minimum atomic E-state index is -1.95. The fraction of sp³-hybridized carbons (Fsp3) is 0.738. The predicted octanol–water partition coefficient (Wildman–Crippen LogP) is 6.40. The number of esters is 1. The third kappa shape index (κ3) is 17.7. The molecule has 0 radical (unpaired) electrons. The Kier molecular flexibility index (Phi) is 24.8. The van der Waals surface area contributed by atoms with E-state index < -0.39 is 108 Å². The van der Waals surface area contributed by atoms with E-state index in [4.69, 9.17) is 42.6 Å². The highest BCUT2D eigenvalue weighted by molar-refractivity contribution is 5.94. The van der Waals surface area contributed by atoms with Crippen LogP contribution in [0.25, 0.3) is 0 Å². The molecule has 0 bridgehead atoms. The summed E-state index contributed by atoms with van der Waals surface area (Å²) in [7, 11) is 8.64. The number of nitrogens with zero attached hydrogens (tertiary/aromatic N) is 2. The van der Waals surface area contributed by atoms with Crippen LogP contribution in [-0.2, 0) is 49.2 Å². The Morgan fingerprint density at radius 1 is 0.817 bits per heavy atom.